The summed E-state index contributed by atoms with van der Waals surface area (Å²) in [5.41, 5.74) is 0.999. The molecule has 0 atom stereocenters. The Balaban J connectivity index is 3.00. The van der Waals surface area contributed by atoms with E-state index in [0.29, 0.717) is 5.02 Å². The molecule has 0 saturated heterocycles. The van der Waals surface area contributed by atoms with E-state index in [1.54, 1.807) is 31.2 Å². The zero-order valence-electron chi connectivity index (χ0n) is 12.9. The normalized spacial score (nSPS) is 10.6. The lowest BCUT2D eigenvalue weighted by Crippen LogP contribution is -2.32. The average molecular weight is 337 g/mol. The van der Waals surface area contributed by atoms with Gasteiger partial charge in [0.25, 0.3) is 0 Å². The SMILES string of the molecule is CCOC(=O)N(/C=C(/C#N)Cc1ccccc1Cl)CC(=O)OC. The van der Waals surface area contributed by atoms with Gasteiger partial charge in [0.15, 0.2) is 0 Å². The minimum atomic E-state index is -0.732. The maximum absolute atomic E-state index is 11.9. The summed E-state index contributed by atoms with van der Waals surface area (Å²) in [4.78, 5) is 24.3. The fraction of sp³-hybridized carbons (Fsp3) is 0.312. The van der Waals surface area contributed by atoms with Gasteiger partial charge in [-0.3, -0.25) is 9.69 Å². The van der Waals surface area contributed by atoms with Crippen molar-refractivity contribution in [3.05, 3.63) is 46.6 Å². The average Bonchev–Trinajstić information content (AvgIpc) is 2.55. The first-order valence-corrected chi connectivity index (χ1v) is 7.24. The lowest BCUT2D eigenvalue weighted by atomic mass is 10.1. The lowest BCUT2D eigenvalue weighted by molar-refractivity contribution is -0.141. The van der Waals surface area contributed by atoms with Crippen LogP contribution in [0.5, 0.6) is 0 Å². The fourth-order valence-corrected chi connectivity index (χ4v) is 1.92. The molecule has 0 spiro atoms. The van der Waals surface area contributed by atoms with Gasteiger partial charge in [0.2, 0.25) is 0 Å². The molecule has 0 fully saturated rings. The number of halogens is 1. The highest BCUT2D eigenvalue weighted by Gasteiger charge is 2.18. The van der Waals surface area contributed by atoms with Crippen LogP contribution in [0, 0.1) is 11.3 Å². The standard InChI is InChI=1S/C16H17ClN2O4/c1-3-23-16(21)19(11-15(20)22-2)10-12(9-18)8-13-6-4-5-7-14(13)17/h4-7,10H,3,8,11H2,1-2H3/b12-10+. The molecular formula is C16H17ClN2O4. The molecule has 6 nitrogen and oxygen atoms in total. The summed E-state index contributed by atoms with van der Waals surface area (Å²) in [7, 11) is 1.21. The Labute approximate surface area is 139 Å². The molecule has 0 aliphatic heterocycles. The van der Waals surface area contributed by atoms with Crippen LogP contribution >= 0.6 is 11.6 Å². The van der Waals surface area contributed by atoms with Crippen LogP contribution in [0.15, 0.2) is 36.0 Å². The molecule has 0 aliphatic rings. The monoisotopic (exact) mass is 336 g/mol. The number of amides is 1. The Hall–Kier alpha value is -2.52. The smallest absolute Gasteiger partial charge is 0.414 e. The van der Waals surface area contributed by atoms with E-state index in [0.717, 1.165) is 10.5 Å². The number of methoxy groups -OCH3 is 1. The highest BCUT2D eigenvalue weighted by atomic mass is 35.5. The number of hydrogen-bond acceptors (Lipinski definition) is 5. The van der Waals surface area contributed by atoms with Crippen LogP contribution in [-0.2, 0) is 20.7 Å². The molecule has 1 aromatic carbocycles. The third-order valence-electron chi connectivity index (χ3n) is 2.82. The van der Waals surface area contributed by atoms with Crippen molar-refractivity contribution in [2.24, 2.45) is 0 Å². The van der Waals surface area contributed by atoms with Crippen LogP contribution in [0.4, 0.5) is 4.79 Å². The zero-order chi connectivity index (χ0) is 17.2. The predicted molar refractivity (Wildman–Crippen MR) is 84.6 cm³/mol. The number of esters is 1. The second kappa shape index (κ2) is 9.49. The van der Waals surface area contributed by atoms with E-state index in [1.165, 1.54) is 13.3 Å². The van der Waals surface area contributed by atoms with Crippen LogP contribution in [0.2, 0.25) is 5.02 Å². The van der Waals surface area contributed by atoms with Gasteiger partial charge < -0.3 is 9.47 Å². The molecule has 23 heavy (non-hydrogen) atoms. The summed E-state index contributed by atoms with van der Waals surface area (Å²) < 4.78 is 9.41. The summed E-state index contributed by atoms with van der Waals surface area (Å²) in [6, 6.07) is 9.07. The third kappa shape index (κ3) is 6.01. The number of benzene rings is 1. The summed E-state index contributed by atoms with van der Waals surface area (Å²) in [5, 5.41) is 9.79. The van der Waals surface area contributed by atoms with Gasteiger partial charge in [-0.25, -0.2) is 4.79 Å². The number of rotatable bonds is 6. The number of ether oxygens (including phenoxy) is 2. The molecule has 0 radical (unpaired) electrons. The van der Waals surface area contributed by atoms with E-state index in [-0.39, 0.29) is 25.1 Å². The summed E-state index contributed by atoms with van der Waals surface area (Å²) in [6.45, 7) is 1.45. The van der Waals surface area contributed by atoms with E-state index in [4.69, 9.17) is 16.3 Å². The van der Waals surface area contributed by atoms with Crippen molar-refractivity contribution in [1.82, 2.24) is 4.90 Å². The molecule has 0 unspecified atom stereocenters. The molecule has 0 N–H and O–H groups in total. The Morgan fingerprint density at radius 3 is 2.65 bits per heavy atom. The summed E-state index contributed by atoms with van der Waals surface area (Å²) in [5.74, 6) is -0.621. The van der Waals surface area contributed by atoms with E-state index < -0.39 is 12.1 Å². The molecule has 1 aromatic rings. The van der Waals surface area contributed by atoms with Crippen LogP contribution < -0.4 is 0 Å². The van der Waals surface area contributed by atoms with Crippen LogP contribution in [-0.4, -0.2) is 37.2 Å². The third-order valence-corrected chi connectivity index (χ3v) is 3.19. The molecule has 7 heteroatoms. The first-order valence-electron chi connectivity index (χ1n) is 6.86. The Kier molecular flexibility index (Phi) is 7.64. The number of nitrogens with zero attached hydrogens (tertiary/aromatic N) is 2. The molecule has 0 aliphatic carbocycles. The molecule has 122 valence electrons. The van der Waals surface area contributed by atoms with E-state index >= 15 is 0 Å². The number of hydrogen-bond donors (Lipinski definition) is 0. The number of nitriles is 1. The largest absolute Gasteiger partial charge is 0.468 e. The quantitative estimate of drug-likeness (QED) is 0.589. The lowest BCUT2D eigenvalue weighted by Gasteiger charge is -2.17. The highest BCUT2D eigenvalue weighted by molar-refractivity contribution is 6.31. The predicted octanol–water partition coefficient (Wildman–Crippen LogP) is 2.92. The number of allylic oxidation sites excluding steroid dienone is 1. The first kappa shape index (κ1) is 18.5. The number of carbonyl (C=O) groups is 2. The van der Waals surface area contributed by atoms with Crippen molar-refractivity contribution >= 4 is 23.7 Å². The van der Waals surface area contributed by atoms with Crippen molar-refractivity contribution in [1.29, 1.82) is 5.26 Å². The Morgan fingerprint density at radius 2 is 2.09 bits per heavy atom. The first-order chi connectivity index (χ1) is 11.0. The molecule has 0 heterocycles. The van der Waals surface area contributed by atoms with E-state index in [9.17, 15) is 14.9 Å². The van der Waals surface area contributed by atoms with Crippen molar-refractivity contribution in [3.63, 3.8) is 0 Å². The van der Waals surface area contributed by atoms with Gasteiger partial charge in [-0.2, -0.15) is 5.26 Å². The second-order valence-corrected chi connectivity index (χ2v) is 4.84. The van der Waals surface area contributed by atoms with E-state index in [1.807, 2.05) is 6.07 Å². The van der Waals surface area contributed by atoms with Gasteiger partial charge >= 0.3 is 12.1 Å². The van der Waals surface area contributed by atoms with Crippen LogP contribution in [0.25, 0.3) is 0 Å². The van der Waals surface area contributed by atoms with Gasteiger partial charge in [0, 0.05) is 17.6 Å². The molecular weight excluding hydrogens is 320 g/mol. The second-order valence-electron chi connectivity index (χ2n) is 4.44. The van der Waals surface area contributed by atoms with Gasteiger partial charge in [-0.1, -0.05) is 29.8 Å². The topological polar surface area (TPSA) is 79.6 Å². The molecule has 1 rings (SSSR count). The highest BCUT2D eigenvalue weighted by Crippen LogP contribution is 2.18. The van der Waals surface area contributed by atoms with Crippen molar-refractivity contribution in [3.8, 4) is 6.07 Å². The van der Waals surface area contributed by atoms with E-state index in [2.05, 4.69) is 4.74 Å². The Bertz CT molecular complexity index is 637. The molecule has 1 amide bonds. The minimum Gasteiger partial charge on any atom is -0.468 e. The molecule has 0 aromatic heterocycles. The van der Waals surface area contributed by atoms with Crippen molar-refractivity contribution in [2.45, 2.75) is 13.3 Å². The fourth-order valence-electron chi connectivity index (χ4n) is 1.72. The maximum atomic E-state index is 11.9. The van der Waals surface area contributed by atoms with Gasteiger partial charge in [0.1, 0.15) is 6.54 Å². The van der Waals surface area contributed by atoms with Gasteiger partial charge in [-0.15, -0.1) is 0 Å². The summed E-state index contributed by atoms with van der Waals surface area (Å²) >= 11 is 6.06. The maximum Gasteiger partial charge on any atom is 0.414 e. The summed E-state index contributed by atoms with van der Waals surface area (Å²) in [6.07, 6.45) is 0.774. The zero-order valence-corrected chi connectivity index (χ0v) is 13.7. The Morgan fingerprint density at radius 1 is 1.39 bits per heavy atom. The number of carbonyl (C=O) groups excluding carboxylic acids is 2. The van der Waals surface area contributed by atoms with Gasteiger partial charge in [-0.05, 0) is 18.6 Å². The molecule has 0 bridgehead atoms. The van der Waals surface area contributed by atoms with Crippen LogP contribution in [0.1, 0.15) is 12.5 Å². The molecule has 0 saturated carbocycles. The van der Waals surface area contributed by atoms with Crippen molar-refractivity contribution < 1.29 is 19.1 Å². The van der Waals surface area contributed by atoms with Crippen molar-refractivity contribution in [2.75, 3.05) is 20.3 Å². The minimum absolute atomic E-state index is 0.150. The van der Waals surface area contributed by atoms with Gasteiger partial charge in [0.05, 0.1) is 25.4 Å². The van der Waals surface area contributed by atoms with Crippen LogP contribution in [0.3, 0.4) is 0 Å².